The molecule has 0 aliphatic carbocycles. The molecule has 1 aromatic rings. The number of rotatable bonds is 2. The second kappa shape index (κ2) is 3.78. The SMILES string of the molecule is O=S(=O)(Cl)c1c(F)cccc1C(F)F. The summed E-state index contributed by atoms with van der Waals surface area (Å²) < 4.78 is 58.9. The summed E-state index contributed by atoms with van der Waals surface area (Å²) in [6.07, 6.45) is -3.09. The number of alkyl halides is 2. The number of hydrogen-bond acceptors (Lipinski definition) is 2. The first-order chi connectivity index (χ1) is 6.34. The van der Waals surface area contributed by atoms with E-state index >= 15 is 0 Å². The maximum Gasteiger partial charge on any atom is 0.265 e. The van der Waals surface area contributed by atoms with Crippen molar-refractivity contribution in [2.24, 2.45) is 0 Å². The predicted octanol–water partition coefficient (Wildman–Crippen LogP) is 2.69. The minimum atomic E-state index is -4.49. The first kappa shape index (κ1) is 11.3. The van der Waals surface area contributed by atoms with Gasteiger partial charge >= 0.3 is 0 Å². The largest absolute Gasteiger partial charge is 0.265 e. The van der Waals surface area contributed by atoms with Gasteiger partial charge in [0.1, 0.15) is 10.7 Å². The van der Waals surface area contributed by atoms with E-state index in [0.717, 1.165) is 18.2 Å². The lowest BCUT2D eigenvalue weighted by Crippen LogP contribution is -2.02. The first-order valence-electron chi connectivity index (χ1n) is 3.35. The van der Waals surface area contributed by atoms with Gasteiger partial charge in [0, 0.05) is 16.2 Å². The van der Waals surface area contributed by atoms with Crippen LogP contribution >= 0.6 is 10.7 Å². The van der Waals surface area contributed by atoms with E-state index in [2.05, 4.69) is 0 Å². The van der Waals surface area contributed by atoms with Gasteiger partial charge in [0.2, 0.25) is 0 Å². The second-order valence-corrected chi connectivity index (χ2v) is 4.90. The molecule has 0 heterocycles. The van der Waals surface area contributed by atoms with Crippen molar-refractivity contribution < 1.29 is 21.6 Å². The Balaban J connectivity index is 3.54. The summed E-state index contributed by atoms with van der Waals surface area (Å²) in [6, 6.07) is 2.55. The molecule has 1 rings (SSSR count). The van der Waals surface area contributed by atoms with Crippen LogP contribution in [0.1, 0.15) is 12.0 Å². The highest BCUT2D eigenvalue weighted by Crippen LogP contribution is 2.30. The van der Waals surface area contributed by atoms with Gasteiger partial charge in [-0.2, -0.15) is 0 Å². The Morgan fingerprint density at radius 3 is 2.21 bits per heavy atom. The lowest BCUT2D eigenvalue weighted by molar-refractivity contribution is 0.147. The highest BCUT2D eigenvalue weighted by Gasteiger charge is 2.25. The van der Waals surface area contributed by atoms with Crippen LogP contribution in [0.2, 0.25) is 0 Å². The molecule has 2 nitrogen and oxygen atoms in total. The van der Waals surface area contributed by atoms with Crippen LogP contribution in [-0.2, 0) is 9.05 Å². The molecule has 0 aliphatic rings. The lowest BCUT2D eigenvalue weighted by Gasteiger charge is -2.05. The Bertz CT molecular complexity index is 444. The van der Waals surface area contributed by atoms with Crippen molar-refractivity contribution in [3.05, 3.63) is 29.6 Å². The van der Waals surface area contributed by atoms with Gasteiger partial charge in [0.05, 0.1) is 0 Å². The molecular weight excluding hydrogens is 241 g/mol. The summed E-state index contributed by atoms with van der Waals surface area (Å²) in [4.78, 5) is -1.16. The van der Waals surface area contributed by atoms with Crippen molar-refractivity contribution >= 4 is 19.7 Å². The third-order valence-electron chi connectivity index (χ3n) is 1.48. The Morgan fingerprint density at radius 1 is 1.29 bits per heavy atom. The third kappa shape index (κ3) is 2.19. The molecule has 0 amide bonds. The molecule has 14 heavy (non-hydrogen) atoms. The van der Waals surface area contributed by atoms with E-state index < -0.39 is 31.8 Å². The van der Waals surface area contributed by atoms with E-state index in [1.54, 1.807) is 0 Å². The van der Waals surface area contributed by atoms with Gasteiger partial charge in [-0.05, 0) is 6.07 Å². The van der Waals surface area contributed by atoms with Crippen LogP contribution in [0.5, 0.6) is 0 Å². The van der Waals surface area contributed by atoms with Gasteiger partial charge in [-0.1, -0.05) is 12.1 Å². The van der Waals surface area contributed by atoms with Crippen LogP contribution in [-0.4, -0.2) is 8.42 Å². The zero-order chi connectivity index (χ0) is 10.9. The molecule has 0 fully saturated rings. The van der Waals surface area contributed by atoms with E-state index in [1.165, 1.54) is 0 Å². The van der Waals surface area contributed by atoms with Crippen molar-refractivity contribution in [3.63, 3.8) is 0 Å². The van der Waals surface area contributed by atoms with Gasteiger partial charge in [-0.15, -0.1) is 0 Å². The maximum atomic E-state index is 12.9. The average Bonchev–Trinajstić information content (AvgIpc) is 2.01. The van der Waals surface area contributed by atoms with Crippen molar-refractivity contribution in [2.75, 3.05) is 0 Å². The van der Waals surface area contributed by atoms with Crippen LogP contribution in [0.25, 0.3) is 0 Å². The molecule has 0 atom stereocenters. The molecule has 0 radical (unpaired) electrons. The monoisotopic (exact) mass is 244 g/mol. The number of benzene rings is 1. The lowest BCUT2D eigenvalue weighted by atomic mass is 10.2. The Labute approximate surface area is 82.7 Å². The zero-order valence-electron chi connectivity index (χ0n) is 6.55. The van der Waals surface area contributed by atoms with Crippen molar-refractivity contribution in [1.82, 2.24) is 0 Å². The fraction of sp³-hybridized carbons (Fsp3) is 0.143. The van der Waals surface area contributed by atoms with Crippen LogP contribution in [0, 0.1) is 5.82 Å². The molecule has 0 bridgehead atoms. The van der Waals surface area contributed by atoms with Gasteiger partial charge in [0.15, 0.2) is 0 Å². The maximum absolute atomic E-state index is 12.9. The predicted molar refractivity (Wildman–Crippen MR) is 44.4 cm³/mol. The van der Waals surface area contributed by atoms with Gasteiger partial charge in [0.25, 0.3) is 15.5 Å². The number of halogens is 4. The van der Waals surface area contributed by atoms with Crippen LogP contribution < -0.4 is 0 Å². The van der Waals surface area contributed by atoms with E-state index in [1.807, 2.05) is 0 Å². The van der Waals surface area contributed by atoms with Gasteiger partial charge in [-0.25, -0.2) is 21.6 Å². The fourth-order valence-electron chi connectivity index (χ4n) is 0.955. The molecule has 0 saturated carbocycles. The van der Waals surface area contributed by atoms with E-state index in [4.69, 9.17) is 10.7 Å². The molecule has 0 saturated heterocycles. The summed E-state index contributed by atoms with van der Waals surface area (Å²) >= 11 is 0. The number of hydrogen-bond donors (Lipinski definition) is 0. The smallest absolute Gasteiger partial charge is 0.207 e. The summed E-state index contributed by atoms with van der Waals surface area (Å²) in [6.45, 7) is 0. The summed E-state index contributed by atoms with van der Waals surface area (Å²) in [5, 5.41) is 0. The molecular formula is C7H4ClF3O2S. The van der Waals surface area contributed by atoms with Crippen LogP contribution in [0.3, 0.4) is 0 Å². The van der Waals surface area contributed by atoms with E-state index in [0.29, 0.717) is 0 Å². The van der Waals surface area contributed by atoms with E-state index in [-0.39, 0.29) is 0 Å². The van der Waals surface area contributed by atoms with Crippen molar-refractivity contribution in [1.29, 1.82) is 0 Å². The van der Waals surface area contributed by atoms with Gasteiger partial charge < -0.3 is 0 Å². The highest BCUT2D eigenvalue weighted by molar-refractivity contribution is 8.13. The third-order valence-corrected chi connectivity index (χ3v) is 2.86. The Morgan fingerprint density at radius 2 is 1.86 bits per heavy atom. The van der Waals surface area contributed by atoms with Crippen LogP contribution in [0.4, 0.5) is 13.2 Å². The first-order valence-corrected chi connectivity index (χ1v) is 5.66. The molecule has 1 aromatic carbocycles. The fourth-order valence-corrected chi connectivity index (χ4v) is 2.18. The van der Waals surface area contributed by atoms with Crippen molar-refractivity contribution in [3.8, 4) is 0 Å². The van der Waals surface area contributed by atoms with Crippen LogP contribution in [0.15, 0.2) is 23.1 Å². The quantitative estimate of drug-likeness (QED) is 0.750. The van der Waals surface area contributed by atoms with Crippen molar-refractivity contribution in [2.45, 2.75) is 11.3 Å². The topological polar surface area (TPSA) is 34.1 Å². The summed E-state index contributed by atoms with van der Waals surface area (Å²) in [5.74, 6) is -1.28. The molecule has 7 heteroatoms. The molecule has 0 aliphatic heterocycles. The average molecular weight is 245 g/mol. The summed E-state index contributed by atoms with van der Waals surface area (Å²) in [5.41, 5.74) is -0.931. The van der Waals surface area contributed by atoms with Gasteiger partial charge in [-0.3, -0.25) is 0 Å². The normalized spacial score (nSPS) is 12.1. The molecule has 0 spiro atoms. The summed E-state index contributed by atoms with van der Waals surface area (Å²) in [7, 11) is 0.320. The molecule has 78 valence electrons. The second-order valence-electron chi connectivity index (χ2n) is 2.40. The minimum Gasteiger partial charge on any atom is -0.207 e. The standard InChI is InChI=1S/C7H4ClF3O2S/c8-14(12,13)6-4(7(10)11)2-1-3-5(6)9/h1-3,7H. The minimum absolute atomic E-state index is 0.751. The molecule has 0 unspecified atom stereocenters. The molecule has 0 N–H and O–H groups in total. The Hall–Kier alpha value is -0.750. The zero-order valence-corrected chi connectivity index (χ0v) is 8.12. The Kier molecular flexibility index (Phi) is 3.06. The van der Waals surface area contributed by atoms with E-state index in [9.17, 15) is 21.6 Å². The molecule has 0 aromatic heterocycles. The highest BCUT2D eigenvalue weighted by atomic mass is 35.7.